The number of H-pyrrole nitrogens is 1. The number of hydrogen-bond donors (Lipinski definition) is 2. The predicted molar refractivity (Wildman–Crippen MR) is 111 cm³/mol. The summed E-state index contributed by atoms with van der Waals surface area (Å²) in [5, 5.41) is 9.92. The summed E-state index contributed by atoms with van der Waals surface area (Å²) in [4.78, 5) is 27.0. The van der Waals surface area contributed by atoms with Gasteiger partial charge >= 0.3 is 0 Å². The molecular weight excluding hydrogens is 364 g/mol. The third-order valence-corrected chi connectivity index (χ3v) is 5.26. The highest BCUT2D eigenvalue weighted by Crippen LogP contribution is 2.24. The number of fused-ring (bicyclic) bond motifs is 1. The van der Waals surface area contributed by atoms with Gasteiger partial charge < -0.3 is 10.2 Å². The van der Waals surface area contributed by atoms with Crippen molar-refractivity contribution >= 4 is 11.8 Å². The molecule has 0 radical (unpaired) electrons. The highest BCUT2D eigenvalue weighted by molar-refractivity contribution is 5.99. The van der Waals surface area contributed by atoms with Crippen molar-refractivity contribution in [1.82, 2.24) is 20.4 Å². The summed E-state index contributed by atoms with van der Waals surface area (Å²) in [7, 11) is 0. The summed E-state index contributed by atoms with van der Waals surface area (Å²) in [6.07, 6.45) is 3.54. The Hall–Kier alpha value is -3.67. The van der Waals surface area contributed by atoms with Crippen LogP contribution in [0.2, 0.25) is 0 Å². The highest BCUT2D eigenvalue weighted by atomic mass is 16.2. The minimum Gasteiger partial charge on any atom is -0.350 e. The smallest absolute Gasteiger partial charge is 0.255 e. The summed E-state index contributed by atoms with van der Waals surface area (Å²) in [6.45, 7) is 4.49. The number of nitrogens with zero attached hydrogens (tertiary/aromatic N) is 2. The molecule has 1 aromatic heterocycles. The Labute approximate surface area is 169 Å². The van der Waals surface area contributed by atoms with Crippen LogP contribution in [0.15, 0.2) is 73.4 Å². The highest BCUT2D eigenvalue weighted by Gasteiger charge is 2.29. The molecule has 1 atom stereocenters. The van der Waals surface area contributed by atoms with E-state index in [1.807, 2.05) is 48.5 Å². The first-order chi connectivity index (χ1) is 14.2. The Morgan fingerprint density at radius 2 is 1.86 bits per heavy atom. The van der Waals surface area contributed by atoms with Gasteiger partial charge in [0.1, 0.15) is 0 Å². The zero-order valence-electron chi connectivity index (χ0n) is 16.0. The maximum Gasteiger partial charge on any atom is 0.255 e. The molecule has 1 aliphatic heterocycles. The molecule has 0 bridgehead atoms. The number of rotatable bonds is 5. The number of aromatic amines is 1. The van der Waals surface area contributed by atoms with Gasteiger partial charge in [-0.3, -0.25) is 14.7 Å². The summed E-state index contributed by atoms with van der Waals surface area (Å²) in [5.41, 5.74) is 4.38. The van der Waals surface area contributed by atoms with Crippen molar-refractivity contribution in [3.63, 3.8) is 0 Å². The zero-order chi connectivity index (χ0) is 20.2. The van der Waals surface area contributed by atoms with Gasteiger partial charge in [0, 0.05) is 18.7 Å². The summed E-state index contributed by atoms with van der Waals surface area (Å²) < 4.78 is 0. The van der Waals surface area contributed by atoms with E-state index in [4.69, 9.17) is 0 Å². The Morgan fingerprint density at radius 3 is 2.62 bits per heavy atom. The molecule has 1 aliphatic rings. The molecule has 0 aliphatic carbocycles. The quantitative estimate of drug-likeness (QED) is 0.662. The minimum absolute atomic E-state index is 0.132. The predicted octanol–water partition coefficient (Wildman–Crippen LogP) is 2.95. The van der Waals surface area contributed by atoms with Gasteiger partial charge in [-0.25, -0.2) is 0 Å². The minimum atomic E-state index is -0.220. The van der Waals surface area contributed by atoms with E-state index in [1.54, 1.807) is 4.90 Å². The summed E-state index contributed by atoms with van der Waals surface area (Å²) in [5.74, 6) is -0.352. The average Bonchev–Trinajstić information content (AvgIpc) is 3.27. The van der Waals surface area contributed by atoms with Crippen LogP contribution >= 0.6 is 0 Å². The molecule has 0 spiro atoms. The molecule has 146 valence electrons. The van der Waals surface area contributed by atoms with Crippen LogP contribution in [0.25, 0.3) is 11.3 Å². The fourth-order valence-electron chi connectivity index (χ4n) is 3.73. The Kier molecular flexibility index (Phi) is 5.24. The molecule has 1 unspecified atom stereocenters. The van der Waals surface area contributed by atoms with Crippen LogP contribution < -0.4 is 5.32 Å². The molecule has 0 saturated carbocycles. The maximum atomic E-state index is 12.8. The number of carbonyl (C=O) groups is 2. The monoisotopic (exact) mass is 386 g/mol. The van der Waals surface area contributed by atoms with E-state index in [0.29, 0.717) is 30.8 Å². The van der Waals surface area contributed by atoms with E-state index in [1.165, 1.54) is 17.8 Å². The molecule has 2 heterocycles. The second-order valence-corrected chi connectivity index (χ2v) is 7.03. The standard InChI is InChI=1S/C23H22N4O2/c1-2-21(28)27-15-18-11-7-6-10-17(18)12-19(27)13-24-23(29)20-14-25-26-22(20)16-8-4-3-5-9-16/h2-11,14,19H,1,12-13,15H2,(H,24,29)(H,25,26). The maximum absolute atomic E-state index is 12.8. The van der Waals surface area contributed by atoms with Crippen molar-refractivity contribution in [2.75, 3.05) is 6.54 Å². The van der Waals surface area contributed by atoms with Gasteiger partial charge in [0.15, 0.2) is 0 Å². The lowest BCUT2D eigenvalue weighted by Crippen LogP contribution is -2.49. The molecule has 0 fully saturated rings. The average molecular weight is 386 g/mol. The van der Waals surface area contributed by atoms with Gasteiger partial charge in [0.25, 0.3) is 5.91 Å². The third-order valence-electron chi connectivity index (χ3n) is 5.26. The van der Waals surface area contributed by atoms with Crippen LogP contribution in [0.4, 0.5) is 0 Å². The molecule has 6 heteroatoms. The van der Waals surface area contributed by atoms with Crippen molar-refractivity contribution in [1.29, 1.82) is 0 Å². The van der Waals surface area contributed by atoms with Crippen LogP contribution in [-0.4, -0.2) is 39.5 Å². The van der Waals surface area contributed by atoms with E-state index in [0.717, 1.165) is 11.1 Å². The number of carbonyl (C=O) groups excluding carboxylic acids is 2. The van der Waals surface area contributed by atoms with Crippen molar-refractivity contribution in [3.8, 4) is 11.3 Å². The van der Waals surface area contributed by atoms with Gasteiger partial charge in [-0.15, -0.1) is 0 Å². The van der Waals surface area contributed by atoms with Gasteiger partial charge in [-0.05, 0) is 23.6 Å². The largest absolute Gasteiger partial charge is 0.350 e. The van der Waals surface area contributed by atoms with E-state index >= 15 is 0 Å². The van der Waals surface area contributed by atoms with Crippen molar-refractivity contribution in [2.45, 2.75) is 19.0 Å². The van der Waals surface area contributed by atoms with Crippen LogP contribution in [0.1, 0.15) is 21.5 Å². The molecule has 2 N–H and O–H groups in total. The van der Waals surface area contributed by atoms with E-state index in [2.05, 4.69) is 28.2 Å². The molecule has 6 nitrogen and oxygen atoms in total. The number of aromatic nitrogens is 2. The molecule has 0 saturated heterocycles. The summed E-state index contributed by atoms with van der Waals surface area (Å²) in [6, 6.07) is 17.5. The molecular formula is C23H22N4O2. The Balaban J connectivity index is 1.51. The van der Waals surface area contributed by atoms with Crippen LogP contribution in [0, 0.1) is 0 Å². The SMILES string of the molecule is C=CC(=O)N1Cc2ccccc2CC1CNC(=O)c1cn[nH]c1-c1ccccc1. The van der Waals surface area contributed by atoms with Gasteiger partial charge in [-0.2, -0.15) is 5.10 Å². The lowest BCUT2D eigenvalue weighted by molar-refractivity contribution is -0.129. The topological polar surface area (TPSA) is 78.1 Å². The number of benzene rings is 2. The fraction of sp³-hybridized carbons (Fsp3) is 0.174. The molecule has 2 amide bonds. The molecule has 4 rings (SSSR count). The lowest BCUT2D eigenvalue weighted by atomic mass is 9.93. The van der Waals surface area contributed by atoms with Gasteiger partial charge in [0.05, 0.1) is 23.5 Å². The van der Waals surface area contributed by atoms with Crippen LogP contribution in [0.3, 0.4) is 0 Å². The second kappa shape index (κ2) is 8.14. The first-order valence-electron chi connectivity index (χ1n) is 9.54. The lowest BCUT2D eigenvalue weighted by Gasteiger charge is -2.36. The number of nitrogens with one attached hydrogen (secondary N) is 2. The first kappa shape index (κ1) is 18.7. The second-order valence-electron chi connectivity index (χ2n) is 7.03. The Bertz CT molecular complexity index is 1040. The van der Waals surface area contributed by atoms with E-state index in [9.17, 15) is 9.59 Å². The Morgan fingerprint density at radius 1 is 1.14 bits per heavy atom. The first-order valence-corrected chi connectivity index (χ1v) is 9.54. The van der Waals surface area contributed by atoms with E-state index < -0.39 is 0 Å². The molecule has 2 aromatic carbocycles. The van der Waals surface area contributed by atoms with Crippen LogP contribution in [-0.2, 0) is 17.8 Å². The van der Waals surface area contributed by atoms with Crippen molar-refractivity contribution < 1.29 is 9.59 Å². The van der Waals surface area contributed by atoms with Crippen molar-refractivity contribution in [3.05, 3.63) is 90.1 Å². The van der Waals surface area contributed by atoms with Gasteiger partial charge in [0.2, 0.25) is 5.91 Å². The normalized spacial score (nSPS) is 15.4. The summed E-state index contributed by atoms with van der Waals surface area (Å²) >= 11 is 0. The molecule has 29 heavy (non-hydrogen) atoms. The third kappa shape index (κ3) is 3.82. The zero-order valence-corrected chi connectivity index (χ0v) is 16.0. The van der Waals surface area contributed by atoms with E-state index in [-0.39, 0.29) is 17.9 Å². The van der Waals surface area contributed by atoms with Crippen molar-refractivity contribution in [2.24, 2.45) is 0 Å². The van der Waals surface area contributed by atoms with Gasteiger partial charge in [-0.1, -0.05) is 61.2 Å². The fourth-order valence-corrected chi connectivity index (χ4v) is 3.73. The number of hydrogen-bond acceptors (Lipinski definition) is 3. The molecule has 3 aromatic rings. The number of amides is 2. The van der Waals surface area contributed by atoms with Crippen LogP contribution in [0.5, 0.6) is 0 Å².